The van der Waals surface area contributed by atoms with E-state index in [1.807, 2.05) is 17.6 Å². The molecule has 3 rings (SSSR count). The Labute approximate surface area is 123 Å². The normalized spacial score (nSPS) is 19.2. The van der Waals surface area contributed by atoms with Crippen molar-refractivity contribution in [1.29, 1.82) is 0 Å². The Hall–Kier alpha value is -1.17. The van der Waals surface area contributed by atoms with Gasteiger partial charge in [-0.05, 0) is 45.0 Å². The third-order valence-electron chi connectivity index (χ3n) is 3.89. The summed E-state index contributed by atoms with van der Waals surface area (Å²) in [4.78, 5) is 6.89. The lowest BCUT2D eigenvalue weighted by Gasteiger charge is -2.27. The summed E-state index contributed by atoms with van der Waals surface area (Å²) < 4.78 is 5.64. The minimum absolute atomic E-state index is 0.287. The van der Waals surface area contributed by atoms with Crippen molar-refractivity contribution in [2.24, 2.45) is 0 Å². The zero-order valence-corrected chi connectivity index (χ0v) is 12.6. The first-order chi connectivity index (χ1) is 9.84. The molecular formula is C15H21N3OS. The predicted octanol–water partition coefficient (Wildman–Crippen LogP) is 3.22. The summed E-state index contributed by atoms with van der Waals surface area (Å²) in [6, 6.07) is 4.67. The number of likely N-dealkylation sites (tertiary alicyclic amines) is 1. The van der Waals surface area contributed by atoms with Crippen molar-refractivity contribution in [3.8, 4) is 0 Å². The van der Waals surface area contributed by atoms with Gasteiger partial charge in [0.1, 0.15) is 10.8 Å². The number of rotatable bonds is 6. The maximum absolute atomic E-state index is 5.64. The molecule has 108 valence electrons. The van der Waals surface area contributed by atoms with E-state index < -0.39 is 0 Å². The van der Waals surface area contributed by atoms with Gasteiger partial charge >= 0.3 is 0 Å². The van der Waals surface area contributed by atoms with Crippen molar-refractivity contribution < 1.29 is 4.42 Å². The third kappa shape index (κ3) is 3.11. The van der Waals surface area contributed by atoms with E-state index in [0.717, 1.165) is 17.3 Å². The summed E-state index contributed by atoms with van der Waals surface area (Å²) in [5.41, 5.74) is 0. The van der Waals surface area contributed by atoms with Crippen LogP contribution in [0.5, 0.6) is 0 Å². The standard InChI is InChI=1S/C15H21N3OS/c1-12(15-16-6-10-20-15)17-11-13(14-5-4-9-19-14)18-7-2-3-8-18/h4-6,9-10,12-13,17H,2-3,7-8,11H2,1H3. The summed E-state index contributed by atoms with van der Waals surface area (Å²) in [7, 11) is 0. The van der Waals surface area contributed by atoms with Crippen molar-refractivity contribution in [2.45, 2.75) is 31.8 Å². The molecule has 0 aliphatic carbocycles. The van der Waals surface area contributed by atoms with Gasteiger partial charge in [0, 0.05) is 18.1 Å². The second-order valence-electron chi connectivity index (χ2n) is 5.27. The fourth-order valence-electron chi connectivity index (χ4n) is 2.77. The molecule has 4 nitrogen and oxygen atoms in total. The van der Waals surface area contributed by atoms with Crippen LogP contribution >= 0.6 is 11.3 Å². The van der Waals surface area contributed by atoms with Crippen LogP contribution in [0.1, 0.15) is 42.6 Å². The second-order valence-corrected chi connectivity index (χ2v) is 6.20. The van der Waals surface area contributed by atoms with Gasteiger partial charge in [0.25, 0.3) is 0 Å². The van der Waals surface area contributed by atoms with Crippen molar-refractivity contribution in [3.05, 3.63) is 40.7 Å². The van der Waals surface area contributed by atoms with E-state index in [-0.39, 0.29) is 6.04 Å². The molecule has 1 aliphatic rings. The Kier molecular flexibility index (Phi) is 4.50. The highest BCUT2D eigenvalue weighted by Gasteiger charge is 2.25. The van der Waals surface area contributed by atoms with Crippen LogP contribution in [0.2, 0.25) is 0 Å². The fourth-order valence-corrected chi connectivity index (χ4v) is 3.44. The lowest BCUT2D eigenvalue weighted by Crippen LogP contribution is -2.35. The zero-order valence-electron chi connectivity index (χ0n) is 11.8. The Morgan fingerprint density at radius 2 is 2.30 bits per heavy atom. The number of hydrogen-bond acceptors (Lipinski definition) is 5. The van der Waals surface area contributed by atoms with Gasteiger partial charge in [0.15, 0.2) is 0 Å². The largest absolute Gasteiger partial charge is 0.468 e. The molecule has 0 spiro atoms. The lowest BCUT2D eigenvalue weighted by molar-refractivity contribution is 0.205. The first-order valence-electron chi connectivity index (χ1n) is 7.25. The second kappa shape index (κ2) is 6.52. The molecule has 2 aromatic rings. The zero-order chi connectivity index (χ0) is 13.8. The van der Waals surface area contributed by atoms with Crippen LogP contribution in [0.15, 0.2) is 34.4 Å². The summed E-state index contributed by atoms with van der Waals surface area (Å²) in [6.07, 6.45) is 6.21. The Balaban J connectivity index is 1.64. The van der Waals surface area contributed by atoms with Gasteiger partial charge in [0.2, 0.25) is 0 Å². The molecule has 1 saturated heterocycles. The van der Waals surface area contributed by atoms with Gasteiger partial charge in [-0.15, -0.1) is 11.3 Å². The van der Waals surface area contributed by atoms with E-state index in [4.69, 9.17) is 4.42 Å². The molecule has 2 aromatic heterocycles. The highest BCUT2D eigenvalue weighted by molar-refractivity contribution is 7.09. The summed E-state index contributed by atoms with van der Waals surface area (Å²) in [5.74, 6) is 1.06. The molecule has 5 heteroatoms. The Morgan fingerprint density at radius 3 is 2.95 bits per heavy atom. The maximum Gasteiger partial charge on any atom is 0.122 e. The van der Waals surface area contributed by atoms with E-state index in [1.165, 1.54) is 25.9 Å². The molecule has 0 aromatic carbocycles. The number of nitrogens with one attached hydrogen (secondary N) is 1. The summed E-state index contributed by atoms with van der Waals surface area (Å²) >= 11 is 1.70. The Morgan fingerprint density at radius 1 is 1.45 bits per heavy atom. The molecule has 0 saturated carbocycles. The smallest absolute Gasteiger partial charge is 0.122 e. The van der Waals surface area contributed by atoms with E-state index in [0.29, 0.717) is 6.04 Å². The molecule has 0 radical (unpaired) electrons. The van der Waals surface area contributed by atoms with Crippen molar-refractivity contribution in [3.63, 3.8) is 0 Å². The SMILES string of the molecule is CC(NCC(c1ccco1)N1CCCC1)c1nccs1. The number of hydrogen-bond donors (Lipinski definition) is 1. The fraction of sp³-hybridized carbons (Fsp3) is 0.533. The van der Waals surface area contributed by atoms with E-state index in [9.17, 15) is 0 Å². The molecule has 1 N–H and O–H groups in total. The van der Waals surface area contributed by atoms with E-state index in [1.54, 1.807) is 17.6 Å². The van der Waals surface area contributed by atoms with Crippen LogP contribution in [0, 0.1) is 0 Å². The third-order valence-corrected chi connectivity index (χ3v) is 4.85. The average molecular weight is 291 g/mol. The highest BCUT2D eigenvalue weighted by atomic mass is 32.1. The number of nitrogens with zero attached hydrogens (tertiary/aromatic N) is 2. The number of furan rings is 1. The number of aromatic nitrogens is 1. The molecule has 2 unspecified atom stereocenters. The average Bonchev–Trinajstić information content (AvgIpc) is 3.22. The van der Waals surface area contributed by atoms with Gasteiger partial charge < -0.3 is 9.73 Å². The van der Waals surface area contributed by atoms with Crippen LogP contribution in [-0.2, 0) is 0 Å². The van der Waals surface area contributed by atoms with Gasteiger partial charge in [-0.2, -0.15) is 0 Å². The van der Waals surface area contributed by atoms with Crippen LogP contribution in [0.4, 0.5) is 0 Å². The molecule has 1 fully saturated rings. The molecular weight excluding hydrogens is 270 g/mol. The van der Waals surface area contributed by atoms with Crippen LogP contribution in [0.3, 0.4) is 0 Å². The summed E-state index contributed by atoms with van der Waals surface area (Å²) in [6.45, 7) is 5.40. The molecule has 20 heavy (non-hydrogen) atoms. The van der Waals surface area contributed by atoms with Gasteiger partial charge in [-0.3, -0.25) is 4.90 Å². The van der Waals surface area contributed by atoms with E-state index >= 15 is 0 Å². The minimum Gasteiger partial charge on any atom is -0.468 e. The van der Waals surface area contributed by atoms with Crippen molar-refractivity contribution >= 4 is 11.3 Å². The molecule has 0 amide bonds. The first-order valence-corrected chi connectivity index (χ1v) is 8.13. The van der Waals surface area contributed by atoms with Crippen molar-refractivity contribution in [2.75, 3.05) is 19.6 Å². The molecule has 0 bridgehead atoms. The highest BCUT2D eigenvalue weighted by Crippen LogP contribution is 2.26. The van der Waals surface area contributed by atoms with Gasteiger partial charge in [-0.25, -0.2) is 4.98 Å². The number of thiazole rings is 1. The van der Waals surface area contributed by atoms with Gasteiger partial charge in [0.05, 0.1) is 18.3 Å². The van der Waals surface area contributed by atoms with E-state index in [2.05, 4.69) is 28.2 Å². The monoisotopic (exact) mass is 291 g/mol. The molecule has 1 aliphatic heterocycles. The van der Waals surface area contributed by atoms with Crippen LogP contribution < -0.4 is 5.32 Å². The summed E-state index contributed by atoms with van der Waals surface area (Å²) in [5, 5.41) is 6.77. The quantitative estimate of drug-likeness (QED) is 0.887. The predicted molar refractivity (Wildman–Crippen MR) is 80.8 cm³/mol. The Bertz CT molecular complexity index is 491. The van der Waals surface area contributed by atoms with Crippen LogP contribution in [-0.4, -0.2) is 29.5 Å². The minimum atomic E-state index is 0.287. The van der Waals surface area contributed by atoms with Crippen LogP contribution in [0.25, 0.3) is 0 Å². The van der Waals surface area contributed by atoms with Crippen molar-refractivity contribution in [1.82, 2.24) is 15.2 Å². The topological polar surface area (TPSA) is 41.3 Å². The van der Waals surface area contributed by atoms with Gasteiger partial charge in [-0.1, -0.05) is 0 Å². The molecule has 2 atom stereocenters. The molecule has 3 heterocycles. The maximum atomic E-state index is 5.64. The lowest BCUT2D eigenvalue weighted by atomic mass is 10.2. The first kappa shape index (κ1) is 13.8.